The SMILES string of the molecule is CC(=O)OC[C@@H]1O[C@H](C2C(Cl)=C(Cl)C=CC2NC(C)C)[C@@H](OC(C)=O)[C@H]1OC(C)=O. The normalized spacial score (nSPS) is 31.1. The Hall–Kier alpha value is -1.61. The average Bonchev–Trinajstić information content (AvgIpc) is 2.92. The van der Waals surface area contributed by atoms with Crippen LogP contribution in [0, 0.1) is 5.92 Å². The second-order valence-electron chi connectivity index (χ2n) is 7.52. The molecule has 1 heterocycles. The van der Waals surface area contributed by atoms with E-state index in [2.05, 4.69) is 5.32 Å². The molecule has 6 atom stereocenters. The lowest BCUT2D eigenvalue weighted by molar-refractivity contribution is -0.166. The zero-order chi connectivity index (χ0) is 22.6. The molecule has 168 valence electrons. The molecule has 2 aliphatic rings. The summed E-state index contributed by atoms with van der Waals surface area (Å²) in [6, 6.07) is -0.174. The van der Waals surface area contributed by atoms with Crippen LogP contribution in [0.1, 0.15) is 34.6 Å². The molecule has 1 saturated heterocycles. The zero-order valence-corrected chi connectivity index (χ0v) is 19.0. The molecule has 1 aliphatic heterocycles. The summed E-state index contributed by atoms with van der Waals surface area (Å²) in [6.07, 6.45) is -0.0614. The van der Waals surface area contributed by atoms with Gasteiger partial charge in [0.15, 0.2) is 12.2 Å². The number of halogens is 2. The lowest BCUT2D eigenvalue weighted by Gasteiger charge is -2.36. The lowest BCUT2D eigenvalue weighted by Crippen LogP contribution is -2.50. The van der Waals surface area contributed by atoms with Crippen LogP contribution in [0.25, 0.3) is 0 Å². The van der Waals surface area contributed by atoms with E-state index in [0.717, 1.165) is 0 Å². The maximum atomic E-state index is 11.8. The molecule has 1 N–H and O–H groups in total. The standard InChI is InChI=1S/C20H27Cl2NO7/c1-9(2)23-14-7-6-13(21)17(22)16(14)19-20(29-12(5)26)18(28-11(4)25)15(30-19)8-27-10(3)24/h6-7,9,14-16,18-20,23H,8H2,1-5H3/t14?,15-,16?,18-,19+,20-/m0/s1. The molecule has 0 saturated carbocycles. The molecule has 30 heavy (non-hydrogen) atoms. The Kier molecular flexibility index (Phi) is 8.73. The fraction of sp³-hybridized carbons (Fsp3) is 0.650. The van der Waals surface area contributed by atoms with Crippen LogP contribution in [-0.4, -0.2) is 61.0 Å². The number of esters is 3. The first-order valence-corrected chi connectivity index (χ1v) is 10.4. The van der Waals surface area contributed by atoms with Crippen LogP contribution in [-0.2, 0) is 33.3 Å². The molecule has 1 fully saturated rings. The topological polar surface area (TPSA) is 100 Å². The number of ether oxygens (including phenoxy) is 4. The van der Waals surface area contributed by atoms with Crippen molar-refractivity contribution in [1.82, 2.24) is 5.32 Å². The Bertz CT molecular complexity index is 737. The van der Waals surface area contributed by atoms with Gasteiger partial charge in [0, 0.05) is 43.8 Å². The highest BCUT2D eigenvalue weighted by Crippen LogP contribution is 2.41. The predicted octanol–water partition coefficient (Wildman–Crippen LogP) is 2.42. The van der Waals surface area contributed by atoms with Crippen LogP contribution in [0.5, 0.6) is 0 Å². The van der Waals surface area contributed by atoms with Gasteiger partial charge >= 0.3 is 17.9 Å². The van der Waals surface area contributed by atoms with E-state index in [-0.39, 0.29) is 18.7 Å². The van der Waals surface area contributed by atoms with E-state index in [1.807, 2.05) is 19.9 Å². The maximum absolute atomic E-state index is 11.8. The molecule has 0 aromatic carbocycles. The van der Waals surface area contributed by atoms with Gasteiger partial charge in [-0.15, -0.1) is 0 Å². The largest absolute Gasteiger partial charge is 0.463 e. The monoisotopic (exact) mass is 463 g/mol. The average molecular weight is 464 g/mol. The summed E-state index contributed by atoms with van der Waals surface area (Å²) >= 11 is 12.8. The van der Waals surface area contributed by atoms with Crippen molar-refractivity contribution in [3.8, 4) is 0 Å². The van der Waals surface area contributed by atoms with Crippen molar-refractivity contribution in [2.24, 2.45) is 5.92 Å². The summed E-state index contributed by atoms with van der Waals surface area (Å²) in [5.41, 5.74) is 0. The van der Waals surface area contributed by atoms with Gasteiger partial charge in [0.25, 0.3) is 0 Å². The molecule has 2 rings (SSSR count). The van der Waals surface area contributed by atoms with Crippen LogP contribution < -0.4 is 5.32 Å². The maximum Gasteiger partial charge on any atom is 0.303 e. The van der Waals surface area contributed by atoms with Gasteiger partial charge in [-0.25, -0.2) is 0 Å². The van der Waals surface area contributed by atoms with Gasteiger partial charge in [0.1, 0.15) is 18.8 Å². The Balaban J connectivity index is 2.44. The van der Waals surface area contributed by atoms with Crippen molar-refractivity contribution in [1.29, 1.82) is 0 Å². The Morgan fingerprint density at radius 1 is 1.07 bits per heavy atom. The highest BCUT2D eigenvalue weighted by atomic mass is 35.5. The van der Waals surface area contributed by atoms with E-state index >= 15 is 0 Å². The van der Waals surface area contributed by atoms with Crippen molar-refractivity contribution in [2.75, 3.05) is 6.61 Å². The van der Waals surface area contributed by atoms with E-state index in [4.69, 9.17) is 42.1 Å². The first-order valence-electron chi connectivity index (χ1n) is 9.64. The second-order valence-corrected chi connectivity index (χ2v) is 8.33. The van der Waals surface area contributed by atoms with Crippen LogP contribution in [0.2, 0.25) is 0 Å². The van der Waals surface area contributed by atoms with Gasteiger partial charge in [-0.05, 0) is 6.08 Å². The number of carbonyl (C=O) groups is 3. The van der Waals surface area contributed by atoms with E-state index < -0.39 is 48.2 Å². The third-order valence-electron chi connectivity index (χ3n) is 4.64. The number of allylic oxidation sites excluding steroid dienone is 2. The Labute approximate surface area is 185 Å². The van der Waals surface area contributed by atoms with Crippen LogP contribution in [0.3, 0.4) is 0 Å². The van der Waals surface area contributed by atoms with Crippen molar-refractivity contribution in [3.63, 3.8) is 0 Å². The second kappa shape index (κ2) is 10.6. The van der Waals surface area contributed by atoms with Crippen molar-refractivity contribution in [3.05, 3.63) is 22.2 Å². The molecule has 2 unspecified atom stereocenters. The van der Waals surface area contributed by atoms with Gasteiger partial charge in [0.2, 0.25) is 0 Å². The summed E-state index contributed by atoms with van der Waals surface area (Å²) in [7, 11) is 0. The van der Waals surface area contributed by atoms with E-state index in [0.29, 0.717) is 10.1 Å². The van der Waals surface area contributed by atoms with Gasteiger partial charge in [-0.1, -0.05) is 43.1 Å². The van der Waals surface area contributed by atoms with E-state index in [9.17, 15) is 14.4 Å². The van der Waals surface area contributed by atoms with Crippen molar-refractivity contribution in [2.45, 2.75) is 71.1 Å². The zero-order valence-electron chi connectivity index (χ0n) is 17.5. The fourth-order valence-electron chi connectivity index (χ4n) is 3.64. The molecule has 0 spiro atoms. The predicted molar refractivity (Wildman–Crippen MR) is 110 cm³/mol. The van der Waals surface area contributed by atoms with E-state index in [1.54, 1.807) is 6.08 Å². The first-order chi connectivity index (χ1) is 14.0. The molecule has 0 amide bonds. The molecular formula is C20H27Cl2NO7. The van der Waals surface area contributed by atoms with Crippen molar-refractivity contribution < 1.29 is 33.3 Å². The summed E-state index contributed by atoms with van der Waals surface area (Å²) in [5, 5.41) is 4.04. The van der Waals surface area contributed by atoms with Crippen LogP contribution in [0.15, 0.2) is 22.2 Å². The molecule has 8 nitrogen and oxygen atoms in total. The van der Waals surface area contributed by atoms with Crippen LogP contribution in [0.4, 0.5) is 0 Å². The summed E-state index contributed by atoms with van der Waals surface area (Å²) in [4.78, 5) is 34.9. The Morgan fingerprint density at radius 3 is 2.20 bits per heavy atom. The molecule has 1 aliphatic carbocycles. The number of carbonyl (C=O) groups excluding carboxylic acids is 3. The molecule has 0 aromatic heterocycles. The molecular weight excluding hydrogens is 437 g/mol. The minimum atomic E-state index is -0.982. The van der Waals surface area contributed by atoms with E-state index in [1.165, 1.54) is 20.8 Å². The first kappa shape index (κ1) is 24.7. The van der Waals surface area contributed by atoms with Gasteiger partial charge in [-0.2, -0.15) is 0 Å². The molecule has 0 radical (unpaired) electrons. The number of hydrogen-bond acceptors (Lipinski definition) is 8. The molecule has 10 heteroatoms. The number of nitrogens with one attached hydrogen (secondary N) is 1. The van der Waals surface area contributed by atoms with Crippen LogP contribution >= 0.6 is 23.2 Å². The van der Waals surface area contributed by atoms with Crippen molar-refractivity contribution >= 4 is 41.1 Å². The minimum absolute atomic E-state index is 0.109. The summed E-state index contributed by atoms with van der Waals surface area (Å²) in [5.74, 6) is -2.22. The Morgan fingerprint density at radius 2 is 1.67 bits per heavy atom. The van der Waals surface area contributed by atoms with Gasteiger partial charge in [-0.3, -0.25) is 14.4 Å². The highest BCUT2D eigenvalue weighted by Gasteiger charge is 2.54. The summed E-state index contributed by atoms with van der Waals surface area (Å²) < 4.78 is 22.1. The van der Waals surface area contributed by atoms with Gasteiger partial charge in [0.05, 0.1) is 5.03 Å². The van der Waals surface area contributed by atoms with Gasteiger partial charge < -0.3 is 24.3 Å². The summed E-state index contributed by atoms with van der Waals surface area (Å²) in [6.45, 7) is 7.51. The smallest absolute Gasteiger partial charge is 0.303 e. The molecule has 0 bridgehead atoms. The number of hydrogen-bond donors (Lipinski definition) is 1. The quantitative estimate of drug-likeness (QED) is 0.453. The third kappa shape index (κ3) is 6.20. The lowest BCUT2D eigenvalue weighted by atomic mass is 9.85. The highest BCUT2D eigenvalue weighted by molar-refractivity contribution is 6.40. The number of rotatable bonds is 7. The minimum Gasteiger partial charge on any atom is -0.463 e. The fourth-order valence-corrected chi connectivity index (χ4v) is 4.16. The molecule has 0 aromatic rings. The third-order valence-corrected chi connectivity index (χ3v) is 5.52.